The van der Waals surface area contributed by atoms with E-state index in [4.69, 9.17) is 4.74 Å². The van der Waals surface area contributed by atoms with Gasteiger partial charge >= 0.3 is 6.18 Å². The van der Waals surface area contributed by atoms with Gasteiger partial charge in [0.05, 0.1) is 6.61 Å². The molecule has 0 aliphatic carbocycles. The molecule has 8 heteroatoms. The molecule has 1 fully saturated rings. The Morgan fingerprint density at radius 2 is 2.12 bits per heavy atom. The first-order chi connectivity index (χ1) is 11.4. The van der Waals surface area contributed by atoms with Crippen molar-refractivity contribution in [3.63, 3.8) is 0 Å². The maximum atomic E-state index is 12.6. The zero-order valence-corrected chi connectivity index (χ0v) is 13.1. The first kappa shape index (κ1) is 16.5. The highest BCUT2D eigenvalue weighted by Gasteiger charge is 2.32. The van der Waals surface area contributed by atoms with Gasteiger partial charge in [0, 0.05) is 36.8 Å². The summed E-state index contributed by atoms with van der Waals surface area (Å²) in [5.74, 6) is 1.08. The molecule has 0 radical (unpaired) electrons. The number of anilines is 1. The van der Waals surface area contributed by atoms with Gasteiger partial charge in [-0.15, -0.1) is 0 Å². The van der Waals surface area contributed by atoms with E-state index < -0.39 is 11.9 Å². The van der Waals surface area contributed by atoms with E-state index in [1.165, 1.54) is 18.5 Å². The van der Waals surface area contributed by atoms with Crippen LogP contribution in [0.15, 0.2) is 30.6 Å². The molecule has 0 bridgehead atoms. The monoisotopic (exact) mass is 338 g/mol. The molecule has 0 aromatic carbocycles. The fourth-order valence-corrected chi connectivity index (χ4v) is 2.65. The predicted octanol–water partition coefficient (Wildman–Crippen LogP) is 3.10. The van der Waals surface area contributed by atoms with Gasteiger partial charge in [0.25, 0.3) is 0 Å². The van der Waals surface area contributed by atoms with E-state index in [1.807, 2.05) is 13.0 Å². The Hall–Kier alpha value is -2.38. The summed E-state index contributed by atoms with van der Waals surface area (Å²) in [7, 11) is 0. The number of nitrogens with zero attached hydrogens (tertiary/aromatic N) is 4. The maximum Gasteiger partial charge on any atom is 0.433 e. The van der Waals surface area contributed by atoms with Crippen LogP contribution < -0.4 is 9.64 Å². The summed E-state index contributed by atoms with van der Waals surface area (Å²) in [4.78, 5) is 14.0. The highest BCUT2D eigenvalue weighted by atomic mass is 19.4. The van der Waals surface area contributed by atoms with Gasteiger partial charge in [0.2, 0.25) is 5.88 Å². The SMILES string of the molecule is Cc1cc(N2CCC(COc3cccc(C(F)(F)F)n3)C2)ncn1. The zero-order valence-electron chi connectivity index (χ0n) is 13.1. The van der Waals surface area contributed by atoms with E-state index in [9.17, 15) is 13.2 Å². The second kappa shape index (κ2) is 6.62. The molecule has 2 aromatic rings. The van der Waals surface area contributed by atoms with Gasteiger partial charge < -0.3 is 9.64 Å². The molecule has 1 atom stereocenters. The van der Waals surface area contributed by atoms with Crippen molar-refractivity contribution >= 4 is 5.82 Å². The van der Waals surface area contributed by atoms with Crippen LogP contribution in [0.1, 0.15) is 17.8 Å². The number of hydrogen-bond donors (Lipinski definition) is 0. The molecule has 0 saturated carbocycles. The lowest BCUT2D eigenvalue weighted by molar-refractivity contribution is -0.141. The Balaban J connectivity index is 1.57. The molecule has 3 heterocycles. The van der Waals surface area contributed by atoms with Crippen LogP contribution in [0.5, 0.6) is 5.88 Å². The number of rotatable bonds is 4. The van der Waals surface area contributed by atoms with Crippen molar-refractivity contribution in [2.24, 2.45) is 5.92 Å². The van der Waals surface area contributed by atoms with Crippen LogP contribution in [0.2, 0.25) is 0 Å². The Morgan fingerprint density at radius 1 is 1.29 bits per heavy atom. The van der Waals surface area contributed by atoms with Crippen molar-refractivity contribution in [3.05, 3.63) is 42.0 Å². The fraction of sp³-hybridized carbons (Fsp3) is 0.438. The molecule has 1 saturated heterocycles. The Morgan fingerprint density at radius 3 is 2.88 bits per heavy atom. The lowest BCUT2D eigenvalue weighted by Crippen LogP contribution is -2.23. The number of aryl methyl sites for hydroxylation is 1. The molecular formula is C16H17F3N4O. The molecule has 2 aromatic heterocycles. The number of pyridine rings is 1. The van der Waals surface area contributed by atoms with E-state index in [1.54, 1.807) is 0 Å². The van der Waals surface area contributed by atoms with Crippen LogP contribution >= 0.6 is 0 Å². The molecule has 128 valence electrons. The van der Waals surface area contributed by atoms with Gasteiger partial charge in [0.15, 0.2) is 0 Å². The van der Waals surface area contributed by atoms with Crippen molar-refractivity contribution in [2.75, 3.05) is 24.6 Å². The maximum absolute atomic E-state index is 12.6. The molecule has 0 amide bonds. The summed E-state index contributed by atoms with van der Waals surface area (Å²) in [5.41, 5.74) is -0.0441. The van der Waals surface area contributed by atoms with Crippen LogP contribution in [0.3, 0.4) is 0 Å². The van der Waals surface area contributed by atoms with Crippen molar-refractivity contribution in [1.29, 1.82) is 0 Å². The molecule has 3 rings (SSSR count). The highest BCUT2D eigenvalue weighted by molar-refractivity contribution is 5.39. The van der Waals surface area contributed by atoms with Gasteiger partial charge in [-0.25, -0.2) is 15.0 Å². The van der Waals surface area contributed by atoms with Crippen LogP contribution in [0.25, 0.3) is 0 Å². The van der Waals surface area contributed by atoms with Gasteiger partial charge in [-0.2, -0.15) is 13.2 Å². The van der Waals surface area contributed by atoms with Crippen LogP contribution in [0, 0.1) is 12.8 Å². The first-order valence-electron chi connectivity index (χ1n) is 7.62. The smallest absolute Gasteiger partial charge is 0.433 e. The Labute approximate surface area is 137 Å². The number of ether oxygens (including phenoxy) is 1. The average Bonchev–Trinajstić information content (AvgIpc) is 3.01. The van der Waals surface area contributed by atoms with E-state index in [-0.39, 0.29) is 11.8 Å². The van der Waals surface area contributed by atoms with Gasteiger partial charge in [0.1, 0.15) is 17.8 Å². The molecular weight excluding hydrogens is 321 g/mol. The number of aromatic nitrogens is 3. The number of hydrogen-bond acceptors (Lipinski definition) is 5. The van der Waals surface area contributed by atoms with E-state index in [2.05, 4.69) is 19.9 Å². The number of alkyl halides is 3. The zero-order chi connectivity index (χ0) is 17.2. The van der Waals surface area contributed by atoms with Gasteiger partial charge in [-0.1, -0.05) is 6.07 Å². The molecule has 0 N–H and O–H groups in total. The van der Waals surface area contributed by atoms with Crippen molar-refractivity contribution < 1.29 is 17.9 Å². The van der Waals surface area contributed by atoms with Gasteiger partial charge in [-0.05, 0) is 19.4 Å². The third kappa shape index (κ3) is 3.93. The summed E-state index contributed by atoms with van der Waals surface area (Å²) < 4.78 is 43.4. The fourth-order valence-electron chi connectivity index (χ4n) is 2.65. The Kier molecular flexibility index (Phi) is 4.55. The van der Waals surface area contributed by atoms with Gasteiger partial charge in [-0.3, -0.25) is 0 Å². The van der Waals surface area contributed by atoms with E-state index in [0.717, 1.165) is 37.1 Å². The van der Waals surface area contributed by atoms with E-state index in [0.29, 0.717) is 6.61 Å². The molecule has 1 unspecified atom stereocenters. The lowest BCUT2D eigenvalue weighted by atomic mass is 10.1. The highest BCUT2D eigenvalue weighted by Crippen LogP contribution is 2.29. The van der Waals surface area contributed by atoms with Crippen molar-refractivity contribution in [3.8, 4) is 5.88 Å². The topological polar surface area (TPSA) is 51.1 Å². The van der Waals surface area contributed by atoms with E-state index >= 15 is 0 Å². The largest absolute Gasteiger partial charge is 0.477 e. The minimum absolute atomic E-state index is 0.00107. The quantitative estimate of drug-likeness (QED) is 0.857. The summed E-state index contributed by atoms with van der Waals surface area (Å²) in [5, 5.41) is 0. The standard InChI is InChI=1S/C16H17F3N4O/c1-11-7-14(21-10-20-11)23-6-5-12(8-23)9-24-15-4-2-3-13(22-15)16(17,18)19/h2-4,7,10,12H,5-6,8-9H2,1H3. The number of halogens is 3. The molecule has 5 nitrogen and oxygen atoms in total. The van der Waals surface area contributed by atoms with Crippen LogP contribution in [-0.2, 0) is 6.18 Å². The third-order valence-electron chi connectivity index (χ3n) is 3.88. The molecule has 0 spiro atoms. The van der Waals surface area contributed by atoms with Crippen molar-refractivity contribution in [2.45, 2.75) is 19.5 Å². The predicted molar refractivity (Wildman–Crippen MR) is 81.8 cm³/mol. The minimum Gasteiger partial charge on any atom is -0.477 e. The summed E-state index contributed by atoms with van der Waals surface area (Å²) in [6.07, 6.45) is -2.04. The lowest BCUT2D eigenvalue weighted by Gasteiger charge is -2.17. The normalized spacial score (nSPS) is 18.0. The second-order valence-electron chi connectivity index (χ2n) is 5.79. The first-order valence-corrected chi connectivity index (χ1v) is 7.62. The summed E-state index contributed by atoms with van der Waals surface area (Å²) in [6.45, 7) is 3.81. The van der Waals surface area contributed by atoms with Crippen molar-refractivity contribution in [1.82, 2.24) is 15.0 Å². The van der Waals surface area contributed by atoms with Crippen LogP contribution in [0.4, 0.5) is 19.0 Å². The summed E-state index contributed by atoms with van der Waals surface area (Å²) in [6, 6.07) is 5.59. The minimum atomic E-state index is -4.46. The third-order valence-corrected chi connectivity index (χ3v) is 3.88. The molecule has 1 aliphatic heterocycles. The average molecular weight is 338 g/mol. The molecule has 24 heavy (non-hydrogen) atoms. The summed E-state index contributed by atoms with van der Waals surface area (Å²) >= 11 is 0. The molecule has 1 aliphatic rings. The van der Waals surface area contributed by atoms with Crippen LogP contribution in [-0.4, -0.2) is 34.6 Å². The second-order valence-corrected chi connectivity index (χ2v) is 5.79. The Bertz CT molecular complexity index is 708.